The molecule has 0 radical (unpaired) electrons. The van der Waals surface area contributed by atoms with Gasteiger partial charge in [0.15, 0.2) is 0 Å². The van der Waals surface area contributed by atoms with Gasteiger partial charge in [-0.1, -0.05) is 30.3 Å². The molecule has 1 aliphatic rings. The van der Waals surface area contributed by atoms with E-state index >= 15 is 0 Å². The van der Waals surface area contributed by atoms with E-state index < -0.39 is 6.10 Å². The van der Waals surface area contributed by atoms with Crippen molar-refractivity contribution < 1.29 is 9.84 Å². The highest BCUT2D eigenvalue weighted by Crippen LogP contribution is 2.14. The molecule has 154 valence electrons. The van der Waals surface area contributed by atoms with E-state index in [2.05, 4.69) is 37.9 Å². The number of tetrazole rings is 1. The van der Waals surface area contributed by atoms with Crippen LogP contribution in [0.1, 0.15) is 24.8 Å². The van der Waals surface area contributed by atoms with Crippen molar-refractivity contribution in [2.45, 2.75) is 37.1 Å². The summed E-state index contributed by atoms with van der Waals surface area (Å²) in [5, 5.41) is 25.8. The Hall–Kier alpha value is -1.68. The topological polar surface area (TPSA) is 88.3 Å². The fourth-order valence-electron chi connectivity index (χ4n) is 3.18. The molecule has 9 heteroatoms. The number of benzene rings is 1. The van der Waals surface area contributed by atoms with E-state index in [4.69, 9.17) is 4.74 Å². The highest BCUT2D eigenvalue weighted by molar-refractivity contribution is 7.99. The smallest absolute Gasteiger partial charge is 0.209 e. The van der Waals surface area contributed by atoms with Crippen LogP contribution in [-0.2, 0) is 13.6 Å². The molecular formula is C19H30N6O2S. The molecule has 0 saturated carbocycles. The minimum atomic E-state index is -0.443. The van der Waals surface area contributed by atoms with Crippen LogP contribution in [0.3, 0.4) is 0 Å². The van der Waals surface area contributed by atoms with E-state index in [-0.39, 0.29) is 0 Å². The zero-order valence-corrected chi connectivity index (χ0v) is 17.3. The van der Waals surface area contributed by atoms with Crippen molar-refractivity contribution in [2.24, 2.45) is 7.05 Å². The van der Waals surface area contributed by atoms with Crippen LogP contribution >= 0.6 is 11.8 Å². The number of aliphatic hydroxyl groups is 1. The van der Waals surface area contributed by atoms with Crippen LogP contribution in [0.15, 0.2) is 29.4 Å². The lowest BCUT2D eigenvalue weighted by Gasteiger charge is -2.28. The summed E-state index contributed by atoms with van der Waals surface area (Å²) in [5.74, 6) is 1.71. The Bertz CT molecular complexity index is 690. The number of aromatic nitrogens is 4. The van der Waals surface area contributed by atoms with Gasteiger partial charge in [0.2, 0.25) is 5.16 Å². The number of β-amino-alcohol motifs (C(OH)–C–C–N with tert-alkyl or cyclic N) is 1. The number of nitrogens with one attached hydrogen (secondary N) is 1. The van der Waals surface area contributed by atoms with Crippen LogP contribution in [0, 0.1) is 0 Å². The van der Waals surface area contributed by atoms with Gasteiger partial charge in [-0.05, 0) is 54.1 Å². The summed E-state index contributed by atoms with van der Waals surface area (Å²) in [6.07, 6.45) is 3.33. The number of rotatable bonds is 11. The molecule has 3 rings (SSSR count). The van der Waals surface area contributed by atoms with E-state index in [0.717, 1.165) is 42.8 Å². The van der Waals surface area contributed by atoms with E-state index in [9.17, 15) is 5.11 Å². The zero-order chi connectivity index (χ0) is 19.6. The Balaban J connectivity index is 1.29. The Morgan fingerprint density at radius 3 is 2.71 bits per heavy atom. The van der Waals surface area contributed by atoms with Crippen LogP contribution in [0.2, 0.25) is 0 Å². The summed E-state index contributed by atoms with van der Waals surface area (Å²) in [7, 11) is 1.84. The predicted octanol–water partition coefficient (Wildman–Crippen LogP) is 1.32. The van der Waals surface area contributed by atoms with Crippen LogP contribution in [0.4, 0.5) is 0 Å². The third-order valence-electron chi connectivity index (χ3n) is 4.70. The first-order valence-corrected chi connectivity index (χ1v) is 10.9. The van der Waals surface area contributed by atoms with Gasteiger partial charge in [-0.3, -0.25) is 0 Å². The number of nitrogens with zero attached hydrogens (tertiary/aromatic N) is 5. The lowest BCUT2D eigenvalue weighted by atomic mass is 10.1. The van der Waals surface area contributed by atoms with E-state index in [1.165, 1.54) is 24.8 Å². The maximum Gasteiger partial charge on any atom is 0.209 e. The minimum absolute atomic E-state index is 0.336. The van der Waals surface area contributed by atoms with Gasteiger partial charge in [0, 0.05) is 32.4 Å². The van der Waals surface area contributed by atoms with Crippen molar-refractivity contribution in [3.63, 3.8) is 0 Å². The van der Waals surface area contributed by atoms with Crippen molar-refractivity contribution in [2.75, 3.05) is 38.5 Å². The molecule has 2 N–H and O–H groups in total. The van der Waals surface area contributed by atoms with Gasteiger partial charge in [0.05, 0.1) is 0 Å². The molecule has 2 heterocycles. The number of aryl methyl sites for hydroxylation is 1. The first-order chi connectivity index (χ1) is 13.7. The van der Waals surface area contributed by atoms with E-state index in [1.54, 1.807) is 16.4 Å². The lowest BCUT2D eigenvalue weighted by Crippen LogP contribution is -2.38. The summed E-state index contributed by atoms with van der Waals surface area (Å²) in [4.78, 5) is 2.32. The van der Waals surface area contributed by atoms with Crippen molar-refractivity contribution in [3.8, 4) is 5.75 Å². The third-order valence-corrected chi connectivity index (χ3v) is 5.72. The molecule has 1 saturated heterocycles. The fourth-order valence-corrected chi connectivity index (χ4v) is 3.93. The first-order valence-electron chi connectivity index (χ1n) is 9.89. The molecule has 1 atom stereocenters. The normalized spacial score (nSPS) is 16.2. The van der Waals surface area contributed by atoms with Crippen LogP contribution in [-0.4, -0.2) is 74.9 Å². The van der Waals surface area contributed by atoms with Crippen molar-refractivity contribution >= 4 is 11.8 Å². The lowest BCUT2D eigenvalue weighted by molar-refractivity contribution is 0.0617. The number of hydrogen-bond donors (Lipinski definition) is 2. The average molecular weight is 407 g/mol. The van der Waals surface area contributed by atoms with E-state index in [0.29, 0.717) is 13.2 Å². The Morgan fingerprint density at radius 1 is 1.21 bits per heavy atom. The summed E-state index contributed by atoms with van der Waals surface area (Å²) < 4.78 is 7.41. The molecule has 2 aromatic rings. The molecule has 1 aromatic carbocycles. The molecule has 0 amide bonds. The summed E-state index contributed by atoms with van der Waals surface area (Å²) in [6, 6.07) is 8.04. The summed E-state index contributed by atoms with van der Waals surface area (Å²) >= 11 is 1.63. The number of likely N-dealkylation sites (tertiary alicyclic amines) is 1. The first kappa shape index (κ1) is 21.0. The van der Waals surface area contributed by atoms with Crippen LogP contribution in [0.5, 0.6) is 5.75 Å². The van der Waals surface area contributed by atoms with Crippen LogP contribution < -0.4 is 10.1 Å². The SMILES string of the molecule is Cn1nnnc1SCCNCc1ccc(OCC(O)CN2CCCCC2)cc1. The van der Waals surface area contributed by atoms with Gasteiger partial charge in [-0.2, -0.15) is 0 Å². The van der Waals surface area contributed by atoms with Gasteiger partial charge >= 0.3 is 0 Å². The highest BCUT2D eigenvalue weighted by atomic mass is 32.2. The van der Waals surface area contributed by atoms with Crippen LogP contribution in [0.25, 0.3) is 0 Å². The number of aliphatic hydroxyl groups excluding tert-OH is 1. The summed E-state index contributed by atoms with van der Waals surface area (Å²) in [6.45, 7) is 4.89. The molecule has 0 spiro atoms. The molecule has 0 aliphatic carbocycles. The second-order valence-corrected chi connectivity index (χ2v) is 8.14. The number of hydrogen-bond acceptors (Lipinski definition) is 8. The Kier molecular flexibility index (Phi) is 8.53. The maximum atomic E-state index is 10.2. The molecule has 8 nitrogen and oxygen atoms in total. The molecule has 1 aliphatic heterocycles. The van der Waals surface area contributed by atoms with Gasteiger partial charge in [0.25, 0.3) is 0 Å². The Labute approximate surface area is 170 Å². The van der Waals surface area contributed by atoms with Crippen molar-refractivity contribution in [1.82, 2.24) is 30.4 Å². The quantitative estimate of drug-likeness (QED) is 0.427. The van der Waals surface area contributed by atoms with Gasteiger partial charge in [-0.25, -0.2) is 4.68 Å². The molecule has 1 fully saturated rings. The number of piperidine rings is 1. The van der Waals surface area contributed by atoms with Crippen molar-refractivity contribution in [1.29, 1.82) is 0 Å². The van der Waals surface area contributed by atoms with Crippen molar-refractivity contribution in [3.05, 3.63) is 29.8 Å². The molecule has 1 unspecified atom stereocenters. The monoisotopic (exact) mass is 406 g/mol. The molecule has 0 bridgehead atoms. The third kappa shape index (κ3) is 7.05. The molecule has 28 heavy (non-hydrogen) atoms. The molecule has 1 aromatic heterocycles. The number of ether oxygens (including phenoxy) is 1. The fraction of sp³-hybridized carbons (Fsp3) is 0.632. The second kappa shape index (κ2) is 11.4. The standard InChI is InChI=1S/C19H30N6O2S/c1-24-19(21-22-23-24)28-12-9-20-13-16-5-7-18(8-6-16)27-15-17(26)14-25-10-3-2-4-11-25/h5-8,17,20,26H,2-4,9-15H2,1H3. The number of thioether (sulfide) groups is 1. The van der Waals surface area contributed by atoms with E-state index in [1.807, 2.05) is 19.2 Å². The van der Waals surface area contributed by atoms with Gasteiger partial charge in [-0.15, -0.1) is 5.10 Å². The zero-order valence-electron chi connectivity index (χ0n) is 16.5. The molecular weight excluding hydrogens is 376 g/mol. The summed E-state index contributed by atoms with van der Waals surface area (Å²) in [5.41, 5.74) is 1.20. The Morgan fingerprint density at radius 2 is 2.00 bits per heavy atom. The average Bonchev–Trinajstić information content (AvgIpc) is 3.12. The maximum absolute atomic E-state index is 10.2. The second-order valence-electron chi connectivity index (χ2n) is 7.08. The van der Waals surface area contributed by atoms with Gasteiger partial charge in [0.1, 0.15) is 18.5 Å². The highest BCUT2D eigenvalue weighted by Gasteiger charge is 2.15. The largest absolute Gasteiger partial charge is 0.491 e. The van der Waals surface area contributed by atoms with Gasteiger partial charge < -0.3 is 20.1 Å². The predicted molar refractivity (Wildman–Crippen MR) is 109 cm³/mol. The minimum Gasteiger partial charge on any atom is -0.491 e.